The van der Waals surface area contributed by atoms with Crippen molar-refractivity contribution in [1.82, 2.24) is 4.90 Å². The molecule has 1 saturated carbocycles. The molecule has 6 nitrogen and oxygen atoms in total. The lowest BCUT2D eigenvalue weighted by Gasteiger charge is -2.19. The van der Waals surface area contributed by atoms with Crippen molar-refractivity contribution in [2.24, 2.45) is 11.7 Å². The SMILES string of the molecule is Cc1c(NC(=O)C2CCCC2)cccc1NC(=O)N1CC[C@@H](N)C1. The van der Waals surface area contributed by atoms with E-state index in [-0.39, 0.29) is 23.9 Å². The van der Waals surface area contributed by atoms with Gasteiger partial charge in [-0.3, -0.25) is 4.79 Å². The Bertz CT molecular complexity index is 625. The molecule has 1 aromatic rings. The van der Waals surface area contributed by atoms with Crippen LogP contribution in [-0.4, -0.2) is 36.0 Å². The standard InChI is InChI=1S/C18H26N4O2/c1-12-15(20-17(23)13-5-2-3-6-13)7-4-8-16(12)21-18(24)22-10-9-14(19)11-22/h4,7-8,13-14H,2-3,5-6,9-11,19H2,1H3,(H,20,23)(H,21,24)/t14-/m1/s1. The number of rotatable bonds is 3. The second-order valence-corrected chi connectivity index (χ2v) is 6.87. The molecule has 0 spiro atoms. The van der Waals surface area contributed by atoms with Crippen LogP contribution in [0.2, 0.25) is 0 Å². The fourth-order valence-corrected chi connectivity index (χ4v) is 3.50. The minimum Gasteiger partial charge on any atom is -0.326 e. The van der Waals surface area contributed by atoms with Gasteiger partial charge in [0.2, 0.25) is 5.91 Å². The normalized spacial score (nSPS) is 21.1. The molecule has 6 heteroatoms. The number of nitrogens with zero attached hydrogens (tertiary/aromatic N) is 1. The molecule has 0 radical (unpaired) electrons. The highest BCUT2D eigenvalue weighted by Gasteiger charge is 2.25. The van der Waals surface area contributed by atoms with Crippen molar-refractivity contribution in [2.75, 3.05) is 23.7 Å². The molecule has 1 heterocycles. The van der Waals surface area contributed by atoms with E-state index in [1.54, 1.807) is 4.90 Å². The van der Waals surface area contributed by atoms with Crippen LogP contribution in [0.3, 0.4) is 0 Å². The van der Waals surface area contributed by atoms with Gasteiger partial charge in [0.15, 0.2) is 0 Å². The van der Waals surface area contributed by atoms with Crippen LogP contribution in [0.25, 0.3) is 0 Å². The van der Waals surface area contributed by atoms with Gasteiger partial charge in [0.25, 0.3) is 0 Å². The summed E-state index contributed by atoms with van der Waals surface area (Å²) in [5.41, 5.74) is 8.22. The van der Waals surface area contributed by atoms with Crippen molar-refractivity contribution >= 4 is 23.3 Å². The van der Waals surface area contributed by atoms with Crippen LogP contribution >= 0.6 is 0 Å². The third-order valence-corrected chi connectivity index (χ3v) is 5.07. The van der Waals surface area contributed by atoms with Gasteiger partial charge in [0, 0.05) is 36.4 Å². The number of anilines is 2. The molecule has 3 amide bonds. The first-order chi connectivity index (χ1) is 11.5. The molecule has 1 aliphatic carbocycles. The molecule has 1 aliphatic heterocycles. The van der Waals surface area contributed by atoms with Crippen molar-refractivity contribution in [2.45, 2.75) is 45.1 Å². The molecule has 24 heavy (non-hydrogen) atoms. The molecule has 3 rings (SSSR count). The molecular formula is C18H26N4O2. The summed E-state index contributed by atoms with van der Waals surface area (Å²) >= 11 is 0. The largest absolute Gasteiger partial charge is 0.326 e. The third kappa shape index (κ3) is 3.70. The van der Waals surface area contributed by atoms with Crippen LogP contribution in [0, 0.1) is 12.8 Å². The Morgan fingerprint density at radius 1 is 1.12 bits per heavy atom. The zero-order valence-corrected chi connectivity index (χ0v) is 14.2. The first-order valence-electron chi connectivity index (χ1n) is 8.76. The lowest BCUT2D eigenvalue weighted by Crippen LogP contribution is -2.35. The monoisotopic (exact) mass is 330 g/mol. The number of hydrogen-bond acceptors (Lipinski definition) is 3. The van der Waals surface area contributed by atoms with Crippen molar-refractivity contribution in [3.63, 3.8) is 0 Å². The molecular weight excluding hydrogens is 304 g/mol. The summed E-state index contributed by atoms with van der Waals surface area (Å²) in [6, 6.07) is 5.51. The second-order valence-electron chi connectivity index (χ2n) is 6.87. The van der Waals surface area contributed by atoms with Gasteiger partial charge in [-0.05, 0) is 43.9 Å². The Hall–Kier alpha value is -2.08. The molecule has 0 bridgehead atoms. The van der Waals surface area contributed by atoms with Crippen LogP contribution in [0.15, 0.2) is 18.2 Å². The molecule has 1 aromatic carbocycles. The van der Waals surface area contributed by atoms with Crippen molar-refractivity contribution in [3.8, 4) is 0 Å². The van der Waals surface area contributed by atoms with E-state index in [4.69, 9.17) is 5.73 Å². The van der Waals surface area contributed by atoms with Gasteiger partial charge in [-0.2, -0.15) is 0 Å². The number of likely N-dealkylation sites (tertiary alicyclic amines) is 1. The Labute approximate surface area is 142 Å². The van der Waals surface area contributed by atoms with Crippen molar-refractivity contribution < 1.29 is 9.59 Å². The molecule has 4 N–H and O–H groups in total. The molecule has 2 fully saturated rings. The van der Waals surface area contributed by atoms with E-state index in [9.17, 15) is 9.59 Å². The number of nitrogens with two attached hydrogens (primary N) is 1. The van der Waals surface area contributed by atoms with Gasteiger partial charge in [0.05, 0.1) is 0 Å². The molecule has 130 valence electrons. The van der Waals surface area contributed by atoms with Crippen LogP contribution in [-0.2, 0) is 4.79 Å². The summed E-state index contributed by atoms with van der Waals surface area (Å²) in [5, 5.41) is 5.95. The second kappa shape index (κ2) is 7.21. The first-order valence-corrected chi connectivity index (χ1v) is 8.76. The zero-order valence-electron chi connectivity index (χ0n) is 14.2. The van der Waals surface area contributed by atoms with Gasteiger partial charge in [-0.1, -0.05) is 18.9 Å². The number of amides is 3. The smallest absolute Gasteiger partial charge is 0.321 e. The fourth-order valence-electron chi connectivity index (χ4n) is 3.50. The first kappa shape index (κ1) is 16.8. The highest BCUT2D eigenvalue weighted by molar-refractivity contribution is 5.96. The zero-order chi connectivity index (χ0) is 17.1. The van der Waals surface area contributed by atoms with E-state index in [1.165, 1.54) is 0 Å². The number of hydrogen-bond donors (Lipinski definition) is 3. The molecule has 0 aromatic heterocycles. The van der Waals surface area contributed by atoms with E-state index in [1.807, 2.05) is 25.1 Å². The Morgan fingerprint density at radius 3 is 2.42 bits per heavy atom. The van der Waals surface area contributed by atoms with E-state index in [0.29, 0.717) is 13.1 Å². The highest BCUT2D eigenvalue weighted by atomic mass is 16.2. The third-order valence-electron chi connectivity index (χ3n) is 5.07. The molecule has 1 atom stereocenters. The number of carbonyl (C=O) groups excluding carboxylic acids is 2. The maximum absolute atomic E-state index is 12.3. The molecule has 0 unspecified atom stereocenters. The average Bonchev–Trinajstić information content (AvgIpc) is 3.22. The van der Waals surface area contributed by atoms with E-state index >= 15 is 0 Å². The Kier molecular flexibility index (Phi) is 5.04. The van der Waals surface area contributed by atoms with Crippen molar-refractivity contribution in [1.29, 1.82) is 0 Å². The summed E-state index contributed by atoms with van der Waals surface area (Å²) < 4.78 is 0. The van der Waals surface area contributed by atoms with Crippen LogP contribution in [0.1, 0.15) is 37.7 Å². The summed E-state index contributed by atoms with van der Waals surface area (Å²) in [6.07, 6.45) is 5.03. The Balaban J connectivity index is 1.66. The van der Waals surface area contributed by atoms with E-state index in [2.05, 4.69) is 10.6 Å². The predicted octanol–water partition coefficient (Wildman–Crippen LogP) is 2.69. The quantitative estimate of drug-likeness (QED) is 0.796. The summed E-state index contributed by atoms with van der Waals surface area (Å²) in [7, 11) is 0. The minimum atomic E-state index is -0.134. The molecule has 1 saturated heterocycles. The predicted molar refractivity (Wildman–Crippen MR) is 95.0 cm³/mol. The van der Waals surface area contributed by atoms with E-state index in [0.717, 1.165) is 49.0 Å². The van der Waals surface area contributed by atoms with Gasteiger partial charge in [-0.25, -0.2) is 4.79 Å². The minimum absolute atomic E-state index is 0.0638. The number of urea groups is 1. The van der Waals surface area contributed by atoms with Crippen LogP contribution in [0.5, 0.6) is 0 Å². The van der Waals surface area contributed by atoms with Gasteiger partial charge < -0.3 is 21.3 Å². The number of benzene rings is 1. The van der Waals surface area contributed by atoms with Gasteiger partial charge in [-0.15, -0.1) is 0 Å². The maximum atomic E-state index is 12.3. The summed E-state index contributed by atoms with van der Waals surface area (Å²) in [6.45, 7) is 3.18. The average molecular weight is 330 g/mol. The maximum Gasteiger partial charge on any atom is 0.321 e. The molecule has 2 aliphatic rings. The van der Waals surface area contributed by atoms with E-state index < -0.39 is 0 Å². The van der Waals surface area contributed by atoms with Crippen LogP contribution in [0.4, 0.5) is 16.2 Å². The number of nitrogens with one attached hydrogen (secondary N) is 2. The van der Waals surface area contributed by atoms with Crippen molar-refractivity contribution in [3.05, 3.63) is 23.8 Å². The summed E-state index contributed by atoms with van der Waals surface area (Å²) in [4.78, 5) is 26.4. The lowest BCUT2D eigenvalue weighted by molar-refractivity contribution is -0.119. The fraction of sp³-hybridized carbons (Fsp3) is 0.556. The Morgan fingerprint density at radius 2 is 1.79 bits per heavy atom. The van der Waals surface area contributed by atoms with Gasteiger partial charge in [0.1, 0.15) is 0 Å². The highest BCUT2D eigenvalue weighted by Crippen LogP contribution is 2.28. The lowest BCUT2D eigenvalue weighted by atomic mass is 10.1. The van der Waals surface area contributed by atoms with Gasteiger partial charge >= 0.3 is 6.03 Å². The number of carbonyl (C=O) groups is 2. The van der Waals surface area contributed by atoms with Crippen LogP contribution < -0.4 is 16.4 Å². The summed E-state index contributed by atoms with van der Waals surface area (Å²) in [5.74, 6) is 0.207. The topological polar surface area (TPSA) is 87.5 Å².